The van der Waals surface area contributed by atoms with Gasteiger partial charge in [0.25, 0.3) is 0 Å². The van der Waals surface area contributed by atoms with Crippen LogP contribution in [0.4, 0.5) is 0 Å². The molecule has 7 atom stereocenters. The van der Waals surface area contributed by atoms with E-state index in [0.29, 0.717) is 28.4 Å². The third-order valence-electron chi connectivity index (χ3n) is 5.31. The average molecular weight is 519 g/mol. The molecule has 5 rings (SSSR count). The van der Waals surface area contributed by atoms with E-state index in [1.54, 1.807) is 0 Å². The molecule has 0 aromatic rings. The van der Waals surface area contributed by atoms with Crippen LogP contribution in [0.2, 0.25) is 0 Å². The van der Waals surface area contributed by atoms with Crippen LogP contribution in [0.5, 0.6) is 0 Å². The Morgan fingerprint density at radius 3 is 3.00 bits per heavy atom. The summed E-state index contributed by atoms with van der Waals surface area (Å²) in [6, 6.07) is 0. The molecule has 7 unspecified atom stereocenters. The first-order valence-corrected chi connectivity index (χ1v) is 13.1. The third-order valence-corrected chi connectivity index (χ3v) is 11.3. The predicted molar refractivity (Wildman–Crippen MR) is 65.3 cm³/mol. The molecule has 1 N–H and O–H groups in total. The van der Waals surface area contributed by atoms with Crippen molar-refractivity contribution in [3.05, 3.63) is 0 Å². The van der Waals surface area contributed by atoms with Crippen molar-refractivity contribution in [2.24, 2.45) is 23.7 Å². The normalized spacial score (nSPS) is 45.5. The molecule has 0 radical (unpaired) electrons. The minimum absolute atomic E-state index is 0.0105. The summed E-state index contributed by atoms with van der Waals surface area (Å²) in [5, 5.41) is 0. The van der Waals surface area contributed by atoms with E-state index in [-0.39, 0.29) is 70.6 Å². The Balaban J connectivity index is 1.45. The second-order valence-electron chi connectivity index (χ2n) is 6.27. The van der Waals surface area contributed by atoms with Gasteiger partial charge >= 0.3 is 146 Å². The minimum atomic E-state index is -0.121. The number of halogens is 2. The molecule has 3 saturated carbocycles. The predicted octanol–water partition coefficient (Wildman–Crippen LogP) is -5.86. The summed E-state index contributed by atoms with van der Waals surface area (Å²) in [4.78, 5) is 26.5. The summed E-state index contributed by atoms with van der Waals surface area (Å²) in [6.45, 7) is 0.540. The third kappa shape index (κ3) is 2.60. The van der Waals surface area contributed by atoms with Gasteiger partial charge in [-0.2, -0.15) is 0 Å². The molecule has 0 aromatic heterocycles. The zero-order valence-electron chi connectivity index (χ0n) is 11.8. The van der Waals surface area contributed by atoms with Crippen molar-refractivity contribution in [2.75, 3.05) is 11.5 Å². The van der Waals surface area contributed by atoms with Crippen molar-refractivity contribution in [3.63, 3.8) is 0 Å². The van der Waals surface area contributed by atoms with E-state index in [4.69, 9.17) is 9.47 Å². The quantitative estimate of drug-likeness (QED) is 0.100. The number of carbonyl (C=O) groups is 2. The molecule has 2 heterocycles. The fourth-order valence-electron chi connectivity index (χ4n) is 4.30. The molecule has 2 saturated heterocycles. The van der Waals surface area contributed by atoms with Crippen LogP contribution < -0.4 is 46.2 Å². The van der Waals surface area contributed by atoms with Crippen molar-refractivity contribution in [2.45, 2.75) is 33.3 Å². The summed E-state index contributed by atoms with van der Waals surface area (Å²) >= 11 is -0.0616. The van der Waals surface area contributed by atoms with Gasteiger partial charge in [-0.25, -0.2) is 0 Å². The Labute approximate surface area is 145 Å². The van der Waals surface area contributed by atoms with Crippen LogP contribution in [0, 0.1) is 23.7 Å². The zero-order chi connectivity index (χ0) is 14.6. The Hall–Kier alpha value is 0.360. The number of fused-ring (bicyclic) bond motifs is 2. The van der Waals surface area contributed by atoms with Crippen molar-refractivity contribution >= 4 is 11.9 Å². The van der Waals surface area contributed by atoms with Gasteiger partial charge in [0.1, 0.15) is 0 Å². The van der Waals surface area contributed by atoms with Gasteiger partial charge in [0, 0.05) is 0 Å². The molecule has 0 amide bonds. The number of cyclic esters (lactones) is 1. The molecule has 0 spiro atoms. The number of hydrogen-bond acceptors (Lipinski definition) is 5. The molecular weight excluding hydrogens is 500 g/mol. The van der Waals surface area contributed by atoms with Gasteiger partial charge in [-0.05, 0) is 0 Å². The first-order chi connectivity index (χ1) is 10.2. The molecule has 3 aliphatic carbocycles. The topological polar surface area (TPSA) is 74.5 Å². The van der Waals surface area contributed by atoms with Crippen molar-refractivity contribution in [1.29, 1.82) is 0 Å². The van der Waals surface area contributed by atoms with Gasteiger partial charge in [-0.15, -0.1) is 0 Å². The number of rotatable bonds is 4. The number of esters is 2. The summed E-state index contributed by atoms with van der Waals surface area (Å²) in [6.07, 6.45) is 3.08. The van der Waals surface area contributed by atoms with Gasteiger partial charge < -0.3 is 0 Å². The molecule has 2 bridgehead atoms. The summed E-state index contributed by atoms with van der Waals surface area (Å²) < 4.78 is 15.2. The molecular formula is C14H19I2NO4-2. The first kappa shape index (κ1) is 14.9. The Bertz CT molecular complexity index is 470. The van der Waals surface area contributed by atoms with Crippen LogP contribution >= 0.6 is 0 Å². The second-order valence-corrected chi connectivity index (χ2v) is 11.4. The van der Waals surface area contributed by atoms with E-state index in [2.05, 4.69) is 8.46 Å². The Kier molecular flexibility index (Phi) is 4.10. The SMILES string of the molecule is C[I-]C(C(=O)OC1CC2CCC1C1COC(=O)C21)C1N[I-]1. The standard InChI is InChI=1S/C14H19I2NO4/c1-15-11(12-16-17-12)14(19)21-9-4-6-2-3-7(9)8-5-20-13(18)10(6)8/h6-12,17H,2-5H2,1H3/q-2. The number of hydrogen-bond donors (Lipinski definition) is 1. The molecule has 5 nitrogen and oxygen atoms in total. The van der Waals surface area contributed by atoms with Crippen molar-refractivity contribution < 1.29 is 61.7 Å². The summed E-state index contributed by atoms with van der Waals surface area (Å²) in [7, 11) is 0. The van der Waals surface area contributed by atoms with E-state index in [9.17, 15) is 9.59 Å². The molecule has 0 aromatic carbocycles. The van der Waals surface area contributed by atoms with Crippen LogP contribution in [0.3, 0.4) is 0 Å². The van der Waals surface area contributed by atoms with Crippen LogP contribution in [-0.2, 0) is 19.1 Å². The number of ether oxygens (including phenoxy) is 2. The van der Waals surface area contributed by atoms with Crippen LogP contribution in [0.1, 0.15) is 19.3 Å². The fraction of sp³-hybridized carbons (Fsp3) is 0.857. The average Bonchev–Trinajstić information content (AvgIpc) is 3.23. The number of alkyl halides is 3. The van der Waals surface area contributed by atoms with Crippen molar-refractivity contribution in [3.8, 4) is 0 Å². The monoisotopic (exact) mass is 519 g/mol. The maximum absolute atomic E-state index is 12.4. The van der Waals surface area contributed by atoms with Crippen LogP contribution in [0.15, 0.2) is 0 Å². The number of nitrogens with one attached hydrogen (secondary N) is 1. The Morgan fingerprint density at radius 2 is 2.29 bits per heavy atom. The molecule has 5 fully saturated rings. The fourth-order valence-corrected chi connectivity index (χ4v) is 10.4. The van der Waals surface area contributed by atoms with Gasteiger partial charge in [0.15, 0.2) is 0 Å². The first-order valence-electron chi connectivity index (χ1n) is 7.42. The van der Waals surface area contributed by atoms with Gasteiger partial charge in [-0.3, -0.25) is 0 Å². The van der Waals surface area contributed by atoms with Crippen LogP contribution in [-0.4, -0.2) is 37.6 Å². The molecule has 5 aliphatic rings. The van der Waals surface area contributed by atoms with E-state index in [0.717, 1.165) is 19.3 Å². The van der Waals surface area contributed by atoms with Gasteiger partial charge in [-0.1, -0.05) is 0 Å². The van der Waals surface area contributed by atoms with E-state index in [1.165, 1.54) is 0 Å². The molecule has 21 heavy (non-hydrogen) atoms. The van der Waals surface area contributed by atoms with E-state index < -0.39 is 0 Å². The van der Waals surface area contributed by atoms with Crippen molar-refractivity contribution in [1.82, 2.24) is 3.53 Å². The van der Waals surface area contributed by atoms with E-state index >= 15 is 0 Å². The summed E-state index contributed by atoms with van der Waals surface area (Å²) in [5.74, 6) is 1.11. The summed E-state index contributed by atoms with van der Waals surface area (Å²) in [5.41, 5.74) is 0. The second kappa shape index (κ2) is 5.77. The number of carbonyl (C=O) groups excluding carboxylic acids is 2. The molecule has 2 aliphatic heterocycles. The van der Waals surface area contributed by atoms with Crippen LogP contribution in [0.25, 0.3) is 0 Å². The maximum atomic E-state index is 12.4. The van der Waals surface area contributed by atoms with Gasteiger partial charge in [0.2, 0.25) is 0 Å². The zero-order valence-corrected chi connectivity index (χ0v) is 16.1. The molecule has 7 heteroatoms. The molecule has 120 valence electrons. The van der Waals surface area contributed by atoms with Gasteiger partial charge in [0.05, 0.1) is 0 Å². The van der Waals surface area contributed by atoms with E-state index in [1.807, 2.05) is 0 Å². The Morgan fingerprint density at radius 1 is 1.48 bits per heavy atom.